The molecule has 0 atom stereocenters. The highest BCUT2D eigenvalue weighted by atomic mass is 35.5. The van der Waals surface area contributed by atoms with Gasteiger partial charge in [0.2, 0.25) is 0 Å². The lowest BCUT2D eigenvalue weighted by Crippen LogP contribution is -2.39. The zero-order valence-corrected chi connectivity index (χ0v) is 12.3. The van der Waals surface area contributed by atoms with Crippen molar-refractivity contribution < 1.29 is 8.78 Å². The van der Waals surface area contributed by atoms with E-state index >= 15 is 0 Å². The van der Waals surface area contributed by atoms with Crippen molar-refractivity contribution in [2.24, 2.45) is 5.92 Å². The zero-order chi connectivity index (χ0) is 13.2. The van der Waals surface area contributed by atoms with E-state index in [1.807, 2.05) is 0 Å². The van der Waals surface area contributed by atoms with E-state index in [-0.39, 0.29) is 12.4 Å². The Morgan fingerprint density at radius 1 is 1.20 bits per heavy atom. The number of fused-ring (bicyclic) bond motifs is 1. The van der Waals surface area contributed by atoms with Crippen LogP contribution in [-0.4, -0.2) is 31.1 Å². The van der Waals surface area contributed by atoms with Gasteiger partial charge in [0, 0.05) is 25.2 Å². The Hall–Kier alpha value is -0.710. The highest BCUT2D eigenvalue weighted by molar-refractivity contribution is 5.85. The summed E-state index contributed by atoms with van der Waals surface area (Å²) >= 11 is 0. The molecule has 1 N–H and O–H groups in total. The van der Waals surface area contributed by atoms with E-state index in [0.29, 0.717) is 18.0 Å². The molecule has 1 aromatic carbocycles. The summed E-state index contributed by atoms with van der Waals surface area (Å²) in [5.41, 5.74) is 1.54. The molecule has 1 aromatic rings. The van der Waals surface area contributed by atoms with Crippen LogP contribution in [0.3, 0.4) is 0 Å². The number of nitrogens with zero attached hydrogens (tertiary/aromatic N) is 1. The maximum absolute atomic E-state index is 13.8. The van der Waals surface area contributed by atoms with Gasteiger partial charge in [-0.1, -0.05) is 6.07 Å². The van der Waals surface area contributed by atoms with Crippen LogP contribution in [0.2, 0.25) is 0 Å². The molecule has 20 heavy (non-hydrogen) atoms. The van der Waals surface area contributed by atoms with E-state index in [2.05, 4.69) is 10.2 Å². The van der Waals surface area contributed by atoms with Gasteiger partial charge < -0.3 is 5.32 Å². The average Bonchev–Trinajstić information content (AvgIpc) is 2.45. The summed E-state index contributed by atoms with van der Waals surface area (Å²) in [4.78, 5) is 2.28. The molecule has 0 aromatic heterocycles. The van der Waals surface area contributed by atoms with Crippen molar-refractivity contribution in [2.75, 3.05) is 26.2 Å². The molecule has 0 spiro atoms. The van der Waals surface area contributed by atoms with Gasteiger partial charge in [-0.15, -0.1) is 12.4 Å². The van der Waals surface area contributed by atoms with Crippen LogP contribution in [-0.2, 0) is 13.0 Å². The van der Waals surface area contributed by atoms with Crippen LogP contribution in [0.25, 0.3) is 0 Å². The van der Waals surface area contributed by atoms with E-state index in [1.165, 1.54) is 18.9 Å². The maximum atomic E-state index is 13.8. The van der Waals surface area contributed by atoms with Gasteiger partial charge in [0.25, 0.3) is 0 Å². The van der Waals surface area contributed by atoms with E-state index in [1.54, 1.807) is 6.07 Å². The quantitative estimate of drug-likeness (QED) is 0.904. The Bertz CT molecular complexity index is 461. The molecule has 0 radical (unpaired) electrons. The number of benzene rings is 1. The summed E-state index contributed by atoms with van der Waals surface area (Å²) in [5, 5.41) is 3.36. The molecule has 2 nitrogen and oxygen atoms in total. The average molecular weight is 303 g/mol. The fourth-order valence-corrected chi connectivity index (χ4v) is 3.20. The molecule has 2 heterocycles. The minimum atomic E-state index is -0.720. The summed E-state index contributed by atoms with van der Waals surface area (Å²) in [6.07, 6.45) is 3.21. The van der Waals surface area contributed by atoms with E-state index < -0.39 is 11.6 Å². The SMILES string of the molecule is Cl.Fc1ccc2c(c1F)CN(CC1CCNCC1)CC2. The van der Waals surface area contributed by atoms with Crippen molar-refractivity contribution in [3.8, 4) is 0 Å². The van der Waals surface area contributed by atoms with Gasteiger partial charge in [0.05, 0.1) is 0 Å². The second-order valence-corrected chi connectivity index (χ2v) is 5.68. The monoisotopic (exact) mass is 302 g/mol. The van der Waals surface area contributed by atoms with E-state index in [9.17, 15) is 8.78 Å². The number of hydrogen-bond acceptors (Lipinski definition) is 2. The van der Waals surface area contributed by atoms with Crippen LogP contribution < -0.4 is 5.32 Å². The smallest absolute Gasteiger partial charge is 0.163 e. The van der Waals surface area contributed by atoms with Gasteiger partial charge in [-0.05, 0) is 49.9 Å². The van der Waals surface area contributed by atoms with Crippen LogP contribution >= 0.6 is 12.4 Å². The fraction of sp³-hybridized carbons (Fsp3) is 0.600. The lowest BCUT2D eigenvalue weighted by molar-refractivity contribution is 0.188. The lowest BCUT2D eigenvalue weighted by atomic mass is 9.94. The van der Waals surface area contributed by atoms with E-state index in [0.717, 1.165) is 38.2 Å². The van der Waals surface area contributed by atoms with Crippen LogP contribution in [0.4, 0.5) is 8.78 Å². The first kappa shape index (κ1) is 15.7. The number of rotatable bonds is 2. The standard InChI is InChI=1S/C15H20F2N2.ClH/c16-14-2-1-12-5-8-19(10-13(12)15(14)17)9-11-3-6-18-7-4-11;/h1-2,11,18H,3-10H2;1H. The Balaban J connectivity index is 0.00000147. The Kier molecular flexibility index (Phi) is 5.35. The van der Waals surface area contributed by atoms with Gasteiger partial charge in [0.15, 0.2) is 11.6 Å². The minimum Gasteiger partial charge on any atom is -0.317 e. The van der Waals surface area contributed by atoms with Gasteiger partial charge in [-0.3, -0.25) is 4.90 Å². The van der Waals surface area contributed by atoms with Crippen molar-refractivity contribution in [1.29, 1.82) is 0 Å². The molecule has 0 amide bonds. The zero-order valence-electron chi connectivity index (χ0n) is 11.5. The third kappa shape index (κ3) is 3.30. The fourth-order valence-electron chi connectivity index (χ4n) is 3.20. The second-order valence-electron chi connectivity index (χ2n) is 5.68. The molecule has 3 rings (SSSR count). The lowest BCUT2D eigenvalue weighted by Gasteiger charge is -2.33. The molecule has 0 unspecified atom stereocenters. The van der Waals surface area contributed by atoms with Crippen molar-refractivity contribution in [1.82, 2.24) is 10.2 Å². The molecular weight excluding hydrogens is 282 g/mol. The number of nitrogens with one attached hydrogen (secondary N) is 1. The number of piperidine rings is 1. The molecular formula is C15H21ClF2N2. The first-order chi connectivity index (χ1) is 9.24. The van der Waals surface area contributed by atoms with Crippen molar-refractivity contribution in [3.63, 3.8) is 0 Å². The van der Waals surface area contributed by atoms with Gasteiger partial charge in [-0.25, -0.2) is 8.78 Å². The second kappa shape index (κ2) is 6.83. The number of halogens is 3. The predicted octanol–water partition coefficient (Wildman–Crippen LogP) is 2.74. The molecule has 0 bridgehead atoms. The molecule has 1 saturated heterocycles. The summed E-state index contributed by atoms with van der Waals surface area (Å²) in [5.74, 6) is -0.672. The third-order valence-electron chi connectivity index (χ3n) is 4.35. The van der Waals surface area contributed by atoms with Gasteiger partial charge >= 0.3 is 0 Å². The van der Waals surface area contributed by atoms with Crippen LogP contribution in [0, 0.1) is 17.6 Å². The van der Waals surface area contributed by atoms with Gasteiger partial charge in [-0.2, -0.15) is 0 Å². The molecule has 0 saturated carbocycles. The molecule has 5 heteroatoms. The summed E-state index contributed by atoms with van der Waals surface area (Å²) in [6, 6.07) is 2.98. The molecule has 112 valence electrons. The summed E-state index contributed by atoms with van der Waals surface area (Å²) in [6.45, 7) is 4.69. The molecule has 2 aliphatic rings. The minimum absolute atomic E-state index is 0. The van der Waals surface area contributed by atoms with Crippen LogP contribution in [0.5, 0.6) is 0 Å². The van der Waals surface area contributed by atoms with Crippen molar-refractivity contribution in [2.45, 2.75) is 25.8 Å². The highest BCUT2D eigenvalue weighted by Gasteiger charge is 2.24. The number of hydrogen-bond donors (Lipinski definition) is 1. The van der Waals surface area contributed by atoms with E-state index in [4.69, 9.17) is 0 Å². The third-order valence-corrected chi connectivity index (χ3v) is 4.35. The molecule has 0 aliphatic carbocycles. The topological polar surface area (TPSA) is 15.3 Å². The molecule has 2 aliphatic heterocycles. The first-order valence-electron chi connectivity index (χ1n) is 7.13. The highest BCUT2D eigenvalue weighted by Crippen LogP contribution is 2.25. The summed E-state index contributed by atoms with van der Waals surface area (Å²) < 4.78 is 27.1. The Morgan fingerprint density at radius 2 is 1.95 bits per heavy atom. The Labute approximate surface area is 124 Å². The first-order valence-corrected chi connectivity index (χ1v) is 7.13. The molecule has 1 fully saturated rings. The predicted molar refractivity (Wildman–Crippen MR) is 78.2 cm³/mol. The Morgan fingerprint density at radius 3 is 2.70 bits per heavy atom. The van der Waals surface area contributed by atoms with Crippen LogP contribution in [0.15, 0.2) is 12.1 Å². The normalized spacial score (nSPS) is 20.3. The summed E-state index contributed by atoms with van der Waals surface area (Å²) in [7, 11) is 0. The largest absolute Gasteiger partial charge is 0.317 e. The van der Waals surface area contributed by atoms with Gasteiger partial charge in [0.1, 0.15) is 0 Å². The van der Waals surface area contributed by atoms with Crippen LogP contribution in [0.1, 0.15) is 24.0 Å². The van der Waals surface area contributed by atoms with Crippen molar-refractivity contribution >= 4 is 12.4 Å². The van der Waals surface area contributed by atoms with Crippen molar-refractivity contribution in [3.05, 3.63) is 34.9 Å². The maximum Gasteiger partial charge on any atom is 0.163 e.